The summed E-state index contributed by atoms with van der Waals surface area (Å²) in [6.45, 7) is 4.75. The van der Waals surface area contributed by atoms with Crippen molar-refractivity contribution < 1.29 is 5.11 Å². The van der Waals surface area contributed by atoms with E-state index < -0.39 is 6.10 Å². The molecule has 0 aliphatic rings. The molecule has 1 atom stereocenters. The molecule has 86 valence electrons. The summed E-state index contributed by atoms with van der Waals surface area (Å²) in [7, 11) is 1.86. The Kier molecular flexibility index (Phi) is 2.78. The van der Waals surface area contributed by atoms with Gasteiger partial charge in [-0.05, 0) is 13.8 Å². The van der Waals surface area contributed by atoms with Gasteiger partial charge in [-0.15, -0.1) is 0 Å². The van der Waals surface area contributed by atoms with Gasteiger partial charge in [0.15, 0.2) is 0 Å². The molecule has 0 saturated heterocycles. The van der Waals surface area contributed by atoms with Crippen molar-refractivity contribution in [2.75, 3.05) is 0 Å². The SMILES string of the molecule is CCn1ccnc1C(O)c1cnn(C)c1C. The summed E-state index contributed by atoms with van der Waals surface area (Å²) in [4.78, 5) is 4.19. The Morgan fingerprint density at radius 3 is 2.81 bits per heavy atom. The van der Waals surface area contributed by atoms with E-state index in [1.165, 1.54) is 0 Å². The van der Waals surface area contributed by atoms with Crippen LogP contribution in [0.4, 0.5) is 0 Å². The largest absolute Gasteiger partial charge is 0.380 e. The summed E-state index contributed by atoms with van der Waals surface area (Å²) in [5, 5.41) is 14.4. The lowest BCUT2D eigenvalue weighted by Crippen LogP contribution is -2.09. The van der Waals surface area contributed by atoms with Crippen LogP contribution in [0.5, 0.6) is 0 Å². The first-order chi connectivity index (χ1) is 7.65. The molecule has 0 spiro atoms. The van der Waals surface area contributed by atoms with Crippen molar-refractivity contribution >= 4 is 0 Å². The van der Waals surface area contributed by atoms with Gasteiger partial charge in [0.25, 0.3) is 0 Å². The van der Waals surface area contributed by atoms with Crippen molar-refractivity contribution in [3.05, 3.63) is 35.7 Å². The van der Waals surface area contributed by atoms with Crippen LogP contribution >= 0.6 is 0 Å². The number of aliphatic hydroxyl groups excluding tert-OH is 1. The van der Waals surface area contributed by atoms with Gasteiger partial charge >= 0.3 is 0 Å². The third-order valence-electron chi connectivity index (χ3n) is 2.90. The lowest BCUT2D eigenvalue weighted by atomic mass is 10.1. The summed E-state index contributed by atoms with van der Waals surface area (Å²) in [5.74, 6) is 0.665. The first kappa shape index (κ1) is 10.9. The Balaban J connectivity index is 2.39. The lowest BCUT2D eigenvalue weighted by Gasteiger charge is -2.11. The summed E-state index contributed by atoms with van der Waals surface area (Å²) in [6, 6.07) is 0. The maximum atomic E-state index is 10.3. The Morgan fingerprint density at radius 2 is 2.25 bits per heavy atom. The molecule has 2 aromatic rings. The molecule has 2 heterocycles. The van der Waals surface area contributed by atoms with Crippen molar-refractivity contribution in [1.82, 2.24) is 19.3 Å². The number of aryl methyl sites for hydroxylation is 2. The highest BCUT2D eigenvalue weighted by Gasteiger charge is 2.19. The molecular weight excluding hydrogens is 204 g/mol. The van der Waals surface area contributed by atoms with Gasteiger partial charge in [-0.25, -0.2) is 4.98 Å². The molecule has 0 aliphatic heterocycles. The zero-order valence-corrected chi connectivity index (χ0v) is 9.75. The highest BCUT2D eigenvalue weighted by Crippen LogP contribution is 2.22. The first-order valence-corrected chi connectivity index (χ1v) is 5.32. The van der Waals surface area contributed by atoms with Crippen LogP contribution in [0.15, 0.2) is 18.6 Å². The molecule has 0 fully saturated rings. The van der Waals surface area contributed by atoms with E-state index in [1.807, 2.05) is 31.7 Å². The van der Waals surface area contributed by atoms with Crippen molar-refractivity contribution in [2.45, 2.75) is 26.5 Å². The third-order valence-corrected chi connectivity index (χ3v) is 2.90. The van der Waals surface area contributed by atoms with E-state index >= 15 is 0 Å². The van der Waals surface area contributed by atoms with Gasteiger partial charge in [-0.1, -0.05) is 0 Å². The maximum Gasteiger partial charge on any atom is 0.142 e. The predicted molar refractivity (Wildman–Crippen MR) is 59.9 cm³/mol. The molecule has 0 aromatic carbocycles. The number of nitrogens with zero attached hydrogens (tertiary/aromatic N) is 4. The van der Waals surface area contributed by atoms with Crippen LogP contribution in [0.1, 0.15) is 30.1 Å². The van der Waals surface area contributed by atoms with E-state index in [2.05, 4.69) is 10.1 Å². The summed E-state index contributed by atoms with van der Waals surface area (Å²) < 4.78 is 3.68. The van der Waals surface area contributed by atoms with Crippen LogP contribution in [0.2, 0.25) is 0 Å². The van der Waals surface area contributed by atoms with Gasteiger partial charge in [0.1, 0.15) is 11.9 Å². The fraction of sp³-hybridized carbons (Fsp3) is 0.455. The van der Waals surface area contributed by atoms with Crippen molar-refractivity contribution in [3.63, 3.8) is 0 Å². The van der Waals surface area contributed by atoms with Crippen LogP contribution in [-0.4, -0.2) is 24.4 Å². The quantitative estimate of drug-likeness (QED) is 0.840. The topological polar surface area (TPSA) is 55.9 Å². The zero-order valence-electron chi connectivity index (χ0n) is 9.75. The monoisotopic (exact) mass is 220 g/mol. The molecule has 0 radical (unpaired) electrons. The number of aromatic nitrogens is 4. The average molecular weight is 220 g/mol. The molecule has 5 nitrogen and oxygen atoms in total. The number of hydrogen-bond donors (Lipinski definition) is 1. The van der Waals surface area contributed by atoms with Gasteiger partial charge in [0.05, 0.1) is 6.20 Å². The van der Waals surface area contributed by atoms with Crippen LogP contribution < -0.4 is 0 Å². The fourth-order valence-corrected chi connectivity index (χ4v) is 1.76. The van der Waals surface area contributed by atoms with E-state index in [1.54, 1.807) is 17.1 Å². The van der Waals surface area contributed by atoms with E-state index in [4.69, 9.17) is 0 Å². The van der Waals surface area contributed by atoms with Crippen molar-refractivity contribution in [1.29, 1.82) is 0 Å². The van der Waals surface area contributed by atoms with E-state index in [0.717, 1.165) is 17.8 Å². The van der Waals surface area contributed by atoms with Crippen molar-refractivity contribution in [3.8, 4) is 0 Å². The molecule has 0 saturated carbocycles. The standard InChI is InChI=1S/C11H16N4O/c1-4-15-6-5-12-11(15)10(16)9-7-13-14(3)8(9)2/h5-7,10,16H,4H2,1-3H3. The molecule has 2 rings (SSSR count). The minimum Gasteiger partial charge on any atom is -0.380 e. The van der Waals surface area contributed by atoms with E-state index in [0.29, 0.717) is 5.82 Å². The van der Waals surface area contributed by atoms with E-state index in [-0.39, 0.29) is 0 Å². The third kappa shape index (κ3) is 1.63. The second-order valence-corrected chi connectivity index (χ2v) is 3.78. The molecule has 1 N–H and O–H groups in total. The highest BCUT2D eigenvalue weighted by molar-refractivity contribution is 5.24. The minimum absolute atomic E-state index is 0.665. The number of imidazole rings is 1. The maximum absolute atomic E-state index is 10.3. The first-order valence-electron chi connectivity index (χ1n) is 5.32. The number of hydrogen-bond acceptors (Lipinski definition) is 3. The van der Waals surface area contributed by atoms with E-state index in [9.17, 15) is 5.11 Å². The van der Waals surface area contributed by atoms with Gasteiger partial charge in [-0.3, -0.25) is 4.68 Å². The smallest absolute Gasteiger partial charge is 0.142 e. The number of aliphatic hydroxyl groups is 1. The molecular formula is C11H16N4O. The van der Waals surface area contributed by atoms with Gasteiger partial charge in [0.2, 0.25) is 0 Å². The molecule has 5 heteroatoms. The summed E-state index contributed by atoms with van der Waals surface area (Å²) >= 11 is 0. The van der Waals surface area contributed by atoms with Crippen LogP contribution in [0.25, 0.3) is 0 Å². The molecule has 1 unspecified atom stereocenters. The van der Waals surface area contributed by atoms with Crippen LogP contribution in [0.3, 0.4) is 0 Å². The Morgan fingerprint density at radius 1 is 1.50 bits per heavy atom. The molecule has 16 heavy (non-hydrogen) atoms. The molecule has 0 amide bonds. The second kappa shape index (κ2) is 4.09. The minimum atomic E-state index is -0.705. The number of rotatable bonds is 3. The Bertz CT molecular complexity index is 486. The van der Waals surface area contributed by atoms with Gasteiger partial charge in [0, 0.05) is 37.2 Å². The van der Waals surface area contributed by atoms with Gasteiger partial charge in [-0.2, -0.15) is 5.10 Å². The Hall–Kier alpha value is -1.62. The van der Waals surface area contributed by atoms with Crippen molar-refractivity contribution in [2.24, 2.45) is 7.05 Å². The molecule has 0 bridgehead atoms. The predicted octanol–water partition coefficient (Wildman–Crippen LogP) is 1.03. The fourth-order valence-electron chi connectivity index (χ4n) is 1.76. The average Bonchev–Trinajstić information content (AvgIpc) is 2.86. The molecule has 0 aliphatic carbocycles. The molecule has 2 aromatic heterocycles. The highest BCUT2D eigenvalue weighted by atomic mass is 16.3. The Labute approximate surface area is 94.4 Å². The normalized spacial score (nSPS) is 13.0. The lowest BCUT2D eigenvalue weighted by molar-refractivity contribution is 0.204. The van der Waals surface area contributed by atoms with Crippen LogP contribution in [-0.2, 0) is 13.6 Å². The summed E-state index contributed by atoms with van der Waals surface area (Å²) in [6.07, 6.45) is 4.55. The van der Waals surface area contributed by atoms with Crippen LogP contribution in [0, 0.1) is 6.92 Å². The zero-order chi connectivity index (χ0) is 11.7. The second-order valence-electron chi connectivity index (χ2n) is 3.78. The van der Waals surface area contributed by atoms with Gasteiger partial charge < -0.3 is 9.67 Å². The summed E-state index contributed by atoms with van der Waals surface area (Å²) in [5.41, 5.74) is 1.77.